The van der Waals surface area contributed by atoms with Crippen LogP contribution in [0.3, 0.4) is 0 Å². The highest BCUT2D eigenvalue weighted by Crippen LogP contribution is 2.63. The molecule has 36 heavy (non-hydrogen) atoms. The maximum atomic E-state index is 14.2. The lowest BCUT2D eigenvalue weighted by Gasteiger charge is -2.42. The summed E-state index contributed by atoms with van der Waals surface area (Å²) in [7, 11) is 0.531. The molecule has 0 aliphatic carbocycles. The number of esters is 1. The standard InChI is InChI=1S/C18H13F15O3/c1-8(34)36-10-5-3-9(4-6-10)11(35-2)7-12(19,20)13(21,22)14(23,24)15(25,26)16(27,28)17(29,30)18(31,32)33/h3-6,11H,7H2,1-2H3. The number of methoxy groups -OCH3 is 1. The zero-order chi connectivity index (χ0) is 28.8. The monoisotopic (exact) mass is 562 g/mol. The van der Waals surface area contributed by atoms with Gasteiger partial charge in [0.25, 0.3) is 0 Å². The average molecular weight is 562 g/mol. The molecule has 208 valence electrons. The molecule has 1 unspecified atom stereocenters. The summed E-state index contributed by atoms with van der Waals surface area (Å²) < 4.78 is 208. The zero-order valence-corrected chi connectivity index (χ0v) is 17.5. The van der Waals surface area contributed by atoms with Gasteiger partial charge in [-0.3, -0.25) is 4.79 Å². The molecule has 3 nitrogen and oxygen atoms in total. The second-order valence-corrected chi connectivity index (χ2v) is 7.17. The average Bonchev–Trinajstić information content (AvgIpc) is 2.70. The Labute approximate surface area is 191 Å². The van der Waals surface area contributed by atoms with Crippen molar-refractivity contribution in [2.75, 3.05) is 7.11 Å². The first kappa shape index (κ1) is 31.6. The molecule has 0 aliphatic heterocycles. The van der Waals surface area contributed by atoms with Crippen molar-refractivity contribution < 1.29 is 80.1 Å². The number of ether oxygens (including phenoxy) is 2. The van der Waals surface area contributed by atoms with E-state index >= 15 is 0 Å². The summed E-state index contributed by atoms with van der Waals surface area (Å²) in [6, 6.07) is 3.24. The summed E-state index contributed by atoms with van der Waals surface area (Å²) >= 11 is 0. The molecule has 0 bridgehead atoms. The van der Waals surface area contributed by atoms with Crippen molar-refractivity contribution in [1.82, 2.24) is 0 Å². The lowest BCUT2D eigenvalue weighted by molar-refractivity contribution is -0.453. The second-order valence-electron chi connectivity index (χ2n) is 7.17. The van der Waals surface area contributed by atoms with Crippen LogP contribution >= 0.6 is 0 Å². The topological polar surface area (TPSA) is 35.5 Å². The number of hydrogen-bond acceptors (Lipinski definition) is 3. The highest BCUT2D eigenvalue weighted by atomic mass is 19.4. The largest absolute Gasteiger partial charge is 0.460 e. The molecule has 0 spiro atoms. The number of carbonyl (C=O) groups excluding carboxylic acids is 1. The van der Waals surface area contributed by atoms with Gasteiger partial charge in [-0.25, -0.2) is 0 Å². The van der Waals surface area contributed by atoms with E-state index in [-0.39, 0.29) is 5.75 Å². The van der Waals surface area contributed by atoms with E-state index < -0.39 is 65.8 Å². The van der Waals surface area contributed by atoms with Gasteiger partial charge in [-0.2, -0.15) is 65.9 Å². The van der Waals surface area contributed by atoms with Crippen LogP contribution in [0.2, 0.25) is 0 Å². The normalized spacial score (nSPS) is 15.6. The molecule has 0 fully saturated rings. The van der Waals surface area contributed by atoms with E-state index in [0.29, 0.717) is 7.11 Å². The second kappa shape index (κ2) is 9.48. The van der Waals surface area contributed by atoms with Crippen LogP contribution in [0, 0.1) is 0 Å². The molecule has 0 heterocycles. The van der Waals surface area contributed by atoms with Crippen molar-refractivity contribution in [3.63, 3.8) is 0 Å². The predicted octanol–water partition coefficient (Wildman–Crippen LogP) is 7.06. The zero-order valence-electron chi connectivity index (χ0n) is 17.5. The first-order chi connectivity index (χ1) is 15.8. The number of benzene rings is 1. The summed E-state index contributed by atoms with van der Waals surface area (Å²) in [5.74, 6) is -48.0. The van der Waals surface area contributed by atoms with Crippen molar-refractivity contribution in [3.05, 3.63) is 29.8 Å². The van der Waals surface area contributed by atoms with Gasteiger partial charge in [0, 0.05) is 20.5 Å². The Morgan fingerprint density at radius 1 is 0.694 bits per heavy atom. The van der Waals surface area contributed by atoms with Crippen molar-refractivity contribution in [3.8, 4) is 5.75 Å². The molecule has 0 aliphatic rings. The molecule has 0 aromatic heterocycles. The molecule has 0 radical (unpaired) electrons. The predicted molar refractivity (Wildman–Crippen MR) is 87.9 cm³/mol. The van der Waals surface area contributed by atoms with E-state index in [9.17, 15) is 70.7 Å². The van der Waals surface area contributed by atoms with Crippen molar-refractivity contribution in [2.24, 2.45) is 0 Å². The Balaban J connectivity index is 3.43. The van der Waals surface area contributed by atoms with E-state index in [4.69, 9.17) is 0 Å². The van der Waals surface area contributed by atoms with E-state index in [2.05, 4.69) is 9.47 Å². The maximum Gasteiger partial charge on any atom is 0.460 e. The molecular formula is C18H13F15O3. The Kier molecular flexibility index (Phi) is 8.33. The van der Waals surface area contributed by atoms with Crippen LogP contribution < -0.4 is 4.74 Å². The maximum absolute atomic E-state index is 14.2. The summed E-state index contributed by atoms with van der Waals surface area (Å²) in [6.45, 7) is 0.943. The molecular weight excluding hydrogens is 549 g/mol. The Morgan fingerprint density at radius 3 is 1.44 bits per heavy atom. The Hall–Kier alpha value is -2.40. The first-order valence-electron chi connectivity index (χ1n) is 8.96. The van der Waals surface area contributed by atoms with Gasteiger partial charge in [0.1, 0.15) is 5.75 Å². The third-order valence-electron chi connectivity index (χ3n) is 4.63. The molecule has 1 aromatic carbocycles. The number of carbonyl (C=O) groups is 1. The minimum absolute atomic E-state index is 0.239. The fourth-order valence-electron chi connectivity index (χ4n) is 2.61. The quantitative estimate of drug-likeness (QED) is 0.174. The number of alkyl halides is 15. The lowest BCUT2D eigenvalue weighted by atomic mass is 9.88. The molecule has 18 heteroatoms. The molecule has 0 N–H and O–H groups in total. The summed E-state index contributed by atoms with van der Waals surface area (Å²) in [5, 5.41) is 0. The minimum atomic E-state index is -8.35. The van der Waals surface area contributed by atoms with Gasteiger partial charge in [-0.1, -0.05) is 12.1 Å². The summed E-state index contributed by atoms with van der Waals surface area (Å²) in [4.78, 5) is 10.8. The SMILES string of the molecule is COC(CC(F)(F)C(F)(F)C(F)(F)C(F)(F)C(F)(F)C(F)(F)C(F)(F)F)c1ccc(OC(C)=O)cc1. The molecule has 1 atom stereocenters. The summed E-state index contributed by atoms with van der Waals surface area (Å²) in [6.07, 6.45) is -12.7. The molecule has 0 saturated carbocycles. The Morgan fingerprint density at radius 2 is 1.08 bits per heavy atom. The van der Waals surface area contributed by atoms with Crippen molar-refractivity contribution in [2.45, 2.75) is 61.2 Å². The number of hydrogen-bond donors (Lipinski definition) is 0. The third-order valence-corrected chi connectivity index (χ3v) is 4.63. The number of rotatable bonds is 10. The Bertz CT molecular complexity index is 923. The van der Waals surface area contributed by atoms with E-state index in [0.717, 1.165) is 31.2 Å². The van der Waals surface area contributed by atoms with Gasteiger partial charge in [0.2, 0.25) is 0 Å². The van der Waals surface area contributed by atoms with Gasteiger partial charge >= 0.3 is 47.7 Å². The fourth-order valence-corrected chi connectivity index (χ4v) is 2.61. The first-order valence-corrected chi connectivity index (χ1v) is 8.96. The van der Waals surface area contributed by atoms with E-state index in [1.54, 1.807) is 0 Å². The fraction of sp³-hybridized carbons (Fsp3) is 0.611. The van der Waals surface area contributed by atoms with Gasteiger partial charge < -0.3 is 9.47 Å². The highest BCUT2D eigenvalue weighted by molar-refractivity contribution is 5.69. The van der Waals surface area contributed by atoms with E-state index in [1.165, 1.54) is 0 Å². The summed E-state index contributed by atoms with van der Waals surface area (Å²) in [5.41, 5.74) is -0.562. The van der Waals surface area contributed by atoms with Crippen LogP contribution in [-0.4, -0.2) is 54.8 Å². The van der Waals surface area contributed by atoms with Crippen LogP contribution in [0.5, 0.6) is 5.75 Å². The van der Waals surface area contributed by atoms with E-state index in [1.807, 2.05) is 0 Å². The highest BCUT2D eigenvalue weighted by Gasteiger charge is 2.93. The lowest BCUT2D eigenvalue weighted by Crippen LogP contribution is -2.72. The van der Waals surface area contributed by atoms with Gasteiger partial charge in [0.05, 0.1) is 6.10 Å². The minimum Gasteiger partial charge on any atom is -0.427 e. The molecule has 1 aromatic rings. The van der Waals surface area contributed by atoms with Crippen molar-refractivity contribution in [1.29, 1.82) is 0 Å². The van der Waals surface area contributed by atoms with Crippen LogP contribution in [0.15, 0.2) is 24.3 Å². The van der Waals surface area contributed by atoms with Gasteiger partial charge in [0.15, 0.2) is 0 Å². The van der Waals surface area contributed by atoms with Crippen LogP contribution in [0.25, 0.3) is 0 Å². The van der Waals surface area contributed by atoms with Gasteiger partial charge in [-0.15, -0.1) is 0 Å². The molecule has 0 saturated heterocycles. The third kappa shape index (κ3) is 5.04. The number of halogens is 15. The van der Waals surface area contributed by atoms with Crippen LogP contribution in [0.4, 0.5) is 65.9 Å². The van der Waals surface area contributed by atoms with Crippen LogP contribution in [-0.2, 0) is 9.53 Å². The smallest absolute Gasteiger partial charge is 0.427 e. The molecule has 0 amide bonds. The van der Waals surface area contributed by atoms with Gasteiger partial charge in [-0.05, 0) is 17.7 Å². The molecule has 1 rings (SSSR count). The van der Waals surface area contributed by atoms with Crippen LogP contribution in [0.1, 0.15) is 25.0 Å². The van der Waals surface area contributed by atoms with Crippen molar-refractivity contribution >= 4 is 5.97 Å².